The third-order valence-corrected chi connectivity index (χ3v) is 5.34. The summed E-state index contributed by atoms with van der Waals surface area (Å²) in [6.07, 6.45) is 0. The second-order valence-corrected chi connectivity index (χ2v) is 7.36. The number of non-ortho nitro benzene ring substituents is 2. The molecule has 0 aliphatic heterocycles. The molecule has 1 aromatic heterocycles. The Balaban J connectivity index is 1.70. The Bertz CT molecular complexity index is 1010. The number of anilines is 1. The highest BCUT2D eigenvalue weighted by Gasteiger charge is 2.20. The predicted molar refractivity (Wildman–Crippen MR) is 106 cm³/mol. The van der Waals surface area contributed by atoms with Crippen molar-refractivity contribution in [1.29, 1.82) is 0 Å². The molecule has 0 saturated heterocycles. The smallest absolute Gasteiger partial charge is 0.277 e. The van der Waals surface area contributed by atoms with E-state index in [4.69, 9.17) is 0 Å². The van der Waals surface area contributed by atoms with Crippen LogP contribution >= 0.6 is 23.1 Å². The molecule has 9 nitrogen and oxygen atoms in total. The fourth-order valence-electron chi connectivity index (χ4n) is 2.21. The second kappa shape index (κ2) is 8.59. The summed E-state index contributed by atoms with van der Waals surface area (Å²) in [6.45, 7) is 0. The number of amides is 1. The lowest BCUT2D eigenvalue weighted by molar-refractivity contribution is -0.394. The van der Waals surface area contributed by atoms with Crippen LogP contribution in [0.4, 0.5) is 16.5 Å². The average molecular weight is 416 g/mol. The standard InChI is InChI=1S/C17H12N4O5S2/c22-16(11-6-13(20(23)24)8-14(7-11)21(25)26)19-17-18-12(10-28-17)9-27-15-4-2-1-3-5-15/h1-8,10H,9H2,(H,18,19,22). The van der Waals surface area contributed by atoms with Gasteiger partial charge in [0.2, 0.25) is 0 Å². The number of hydrogen-bond acceptors (Lipinski definition) is 8. The summed E-state index contributed by atoms with van der Waals surface area (Å²) in [7, 11) is 0. The number of rotatable bonds is 7. The number of nitro benzene ring substituents is 2. The van der Waals surface area contributed by atoms with Gasteiger partial charge in [0.05, 0.1) is 27.2 Å². The molecule has 11 heteroatoms. The highest BCUT2D eigenvalue weighted by atomic mass is 32.2. The van der Waals surface area contributed by atoms with E-state index in [1.165, 1.54) is 11.3 Å². The molecule has 28 heavy (non-hydrogen) atoms. The van der Waals surface area contributed by atoms with E-state index in [-0.39, 0.29) is 5.56 Å². The van der Waals surface area contributed by atoms with Crippen molar-refractivity contribution >= 4 is 45.5 Å². The van der Waals surface area contributed by atoms with Crippen LogP contribution in [0.1, 0.15) is 16.1 Å². The summed E-state index contributed by atoms with van der Waals surface area (Å²) in [4.78, 5) is 38.1. The molecule has 0 spiro atoms. The molecule has 0 aliphatic carbocycles. The summed E-state index contributed by atoms with van der Waals surface area (Å²) >= 11 is 2.80. The normalized spacial score (nSPS) is 10.4. The van der Waals surface area contributed by atoms with Gasteiger partial charge in [-0.25, -0.2) is 4.98 Å². The molecule has 0 bridgehead atoms. The highest BCUT2D eigenvalue weighted by Crippen LogP contribution is 2.26. The lowest BCUT2D eigenvalue weighted by Crippen LogP contribution is -2.12. The first-order valence-electron chi connectivity index (χ1n) is 7.80. The van der Waals surface area contributed by atoms with Gasteiger partial charge in [0, 0.05) is 28.2 Å². The van der Waals surface area contributed by atoms with Gasteiger partial charge < -0.3 is 0 Å². The Kier molecular flexibility index (Phi) is 5.96. The molecule has 1 amide bonds. The monoisotopic (exact) mass is 416 g/mol. The Hall–Kier alpha value is -3.31. The Morgan fingerprint density at radius 2 is 1.71 bits per heavy atom. The van der Waals surface area contributed by atoms with E-state index in [0.29, 0.717) is 10.9 Å². The van der Waals surface area contributed by atoms with Crippen LogP contribution in [0.25, 0.3) is 0 Å². The summed E-state index contributed by atoms with van der Waals surface area (Å²) in [5.41, 5.74) is -0.479. The molecule has 0 unspecified atom stereocenters. The minimum absolute atomic E-state index is 0.184. The van der Waals surface area contributed by atoms with Crippen LogP contribution in [0.15, 0.2) is 58.8 Å². The summed E-state index contributed by atoms with van der Waals surface area (Å²) < 4.78 is 0. The molecule has 142 valence electrons. The van der Waals surface area contributed by atoms with Crippen molar-refractivity contribution in [3.8, 4) is 0 Å². The van der Waals surface area contributed by atoms with Gasteiger partial charge in [-0.1, -0.05) is 18.2 Å². The lowest BCUT2D eigenvalue weighted by atomic mass is 10.1. The number of nitro groups is 2. The Labute approximate surface area is 166 Å². The maximum atomic E-state index is 12.4. The van der Waals surface area contributed by atoms with E-state index >= 15 is 0 Å². The van der Waals surface area contributed by atoms with Gasteiger partial charge in [-0.15, -0.1) is 23.1 Å². The number of carbonyl (C=O) groups excluding carboxylic acids is 1. The van der Waals surface area contributed by atoms with Crippen molar-refractivity contribution < 1.29 is 14.6 Å². The van der Waals surface area contributed by atoms with E-state index in [1.54, 1.807) is 17.1 Å². The third kappa shape index (κ3) is 4.90. The van der Waals surface area contributed by atoms with Crippen molar-refractivity contribution in [2.24, 2.45) is 0 Å². The number of carbonyl (C=O) groups is 1. The minimum Gasteiger partial charge on any atom is -0.298 e. The molecule has 2 aromatic carbocycles. The van der Waals surface area contributed by atoms with Gasteiger partial charge in [-0.05, 0) is 12.1 Å². The summed E-state index contributed by atoms with van der Waals surface area (Å²) in [6, 6.07) is 12.5. The molecule has 1 heterocycles. The van der Waals surface area contributed by atoms with Gasteiger partial charge >= 0.3 is 0 Å². The van der Waals surface area contributed by atoms with Crippen molar-refractivity contribution in [3.05, 3.63) is 85.4 Å². The van der Waals surface area contributed by atoms with Crippen molar-refractivity contribution in [2.45, 2.75) is 10.6 Å². The zero-order chi connectivity index (χ0) is 20.1. The van der Waals surface area contributed by atoms with Crippen LogP contribution in [-0.4, -0.2) is 20.7 Å². The predicted octanol–water partition coefficient (Wildman–Crippen LogP) is 4.50. The second-order valence-electron chi connectivity index (χ2n) is 5.45. The third-order valence-electron chi connectivity index (χ3n) is 3.49. The molecule has 3 rings (SSSR count). The molecule has 0 radical (unpaired) electrons. The van der Waals surface area contributed by atoms with Crippen molar-refractivity contribution in [2.75, 3.05) is 5.32 Å². The topological polar surface area (TPSA) is 128 Å². The number of nitrogens with one attached hydrogen (secondary N) is 1. The van der Waals surface area contributed by atoms with E-state index in [9.17, 15) is 25.0 Å². The van der Waals surface area contributed by atoms with Gasteiger partial charge in [-0.2, -0.15) is 0 Å². The number of aromatic nitrogens is 1. The molecule has 0 atom stereocenters. The van der Waals surface area contributed by atoms with Crippen molar-refractivity contribution in [3.63, 3.8) is 0 Å². The molecule has 0 fully saturated rings. The fraction of sp³-hybridized carbons (Fsp3) is 0.0588. The van der Waals surface area contributed by atoms with Crippen LogP contribution in [0.3, 0.4) is 0 Å². The first-order chi connectivity index (χ1) is 13.4. The van der Waals surface area contributed by atoms with Gasteiger partial charge in [0.15, 0.2) is 5.13 Å². The first-order valence-corrected chi connectivity index (χ1v) is 9.66. The maximum Gasteiger partial charge on any atom is 0.277 e. The average Bonchev–Trinajstić information content (AvgIpc) is 3.14. The Morgan fingerprint density at radius 3 is 2.32 bits per heavy atom. The minimum atomic E-state index is -0.786. The molecule has 3 aromatic rings. The van der Waals surface area contributed by atoms with Gasteiger partial charge in [0.25, 0.3) is 17.3 Å². The van der Waals surface area contributed by atoms with Crippen LogP contribution in [-0.2, 0) is 5.75 Å². The highest BCUT2D eigenvalue weighted by molar-refractivity contribution is 7.98. The number of hydrogen-bond donors (Lipinski definition) is 1. The zero-order valence-corrected chi connectivity index (χ0v) is 15.7. The van der Waals surface area contributed by atoms with Crippen molar-refractivity contribution in [1.82, 2.24) is 4.98 Å². The van der Waals surface area contributed by atoms with Crippen LogP contribution < -0.4 is 5.32 Å². The van der Waals surface area contributed by atoms with Crippen LogP contribution in [0, 0.1) is 20.2 Å². The lowest BCUT2D eigenvalue weighted by Gasteiger charge is -2.02. The first kappa shape index (κ1) is 19.5. The fourth-order valence-corrected chi connectivity index (χ4v) is 3.83. The van der Waals surface area contributed by atoms with Crippen LogP contribution in [0.2, 0.25) is 0 Å². The number of nitrogens with zero attached hydrogens (tertiary/aromatic N) is 3. The zero-order valence-electron chi connectivity index (χ0n) is 14.1. The summed E-state index contributed by atoms with van der Waals surface area (Å²) in [5, 5.41) is 26.5. The largest absolute Gasteiger partial charge is 0.298 e. The van der Waals surface area contributed by atoms with Gasteiger partial charge in [0.1, 0.15) is 0 Å². The SMILES string of the molecule is O=C(Nc1nc(CSc2ccccc2)cs1)c1cc([N+](=O)[O-])cc([N+](=O)[O-])c1. The number of thiazole rings is 1. The molecule has 0 saturated carbocycles. The number of thioether (sulfide) groups is 1. The maximum absolute atomic E-state index is 12.4. The van der Waals surface area contributed by atoms with E-state index in [0.717, 1.165) is 28.8 Å². The van der Waals surface area contributed by atoms with E-state index < -0.39 is 27.1 Å². The summed E-state index contributed by atoms with van der Waals surface area (Å²) in [5.74, 6) is -0.0954. The van der Waals surface area contributed by atoms with Gasteiger partial charge in [-0.3, -0.25) is 30.3 Å². The molecular weight excluding hydrogens is 404 g/mol. The van der Waals surface area contributed by atoms with E-state index in [2.05, 4.69) is 10.3 Å². The quantitative estimate of drug-likeness (QED) is 0.341. The molecule has 0 aliphatic rings. The number of benzene rings is 2. The van der Waals surface area contributed by atoms with Crippen LogP contribution in [0.5, 0.6) is 0 Å². The molecule has 1 N–H and O–H groups in total. The molecular formula is C17H12N4O5S2. The van der Waals surface area contributed by atoms with E-state index in [1.807, 2.05) is 30.3 Å². The Morgan fingerprint density at radius 1 is 1.07 bits per heavy atom.